The lowest BCUT2D eigenvalue weighted by atomic mass is 10.0. The Labute approximate surface area is 241 Å². The van der Waals surface area contributed by atoms with E-state index in [0.29, 0.717) is 12.1 Å². The van der Waals surface area contributed by atoms with Gasteiger partial charge in [0.15, 0.2) is 6.21 Å². The third-order valence-corrected chi connectivity index (χ3v) is 8.35. The van der Waals surface area contributed by atoms with E-state index < -0.39 is 0 Å². The van der Waals surface area contributed by atoms with Crippen molar-refractivity contribution in [2.75, 3.05) is 71.5 Å². The lowest BCUT2D eigenvalue weighted by Crippen LogP contribution is -2.42. The zero-order valence-corrected chi connectivity index (χ0v) is 24.3. The first-order chi connectivity index (χ1) is 20.0. The zero-order valence-electron chi connectivity index (χ0n) is 24.3. The average Bonchev–Trinajstić information content (AvgIpc) is 3.35. The smallest absolute Gasteiger partial charge is 0.252 e. The number of dihydropyridines is 1. The number of amides is 1. The summed E-state index contributed by atoms with van der Waals surface area (Å²) in [5, 5.41) is 14.9. The van der Waals surface area contributed by atoms with Crippen molar-refractivity contribution in [3.05, 3.63) is 65.3 Å². The standard InChI is InChI=1S/C31H40N8O2/c1-22-28(17-24(19-33-22)31(40)32-8-12-38-13-15-41-16-14-38)35-27-5-4-9-37(3)30-26(27)20-34-39-21-25(18-29(30)39)23-6-10-36(2)11-7-23/h5-6,10,17-22,35H,4,7-9,11-16H2,1-3H3,(H-,32,33,40)/p+1. The van der Waals surface area contributed by atoms with Gasteiger partial charge >= 0.3 is 0 Å². The molecule has 1 atom stereocenters. The van der Waals surface area contributed by atoms with E-state index in [1.54, 1.807) is 0 Å². The number of ether oxygens (including phenoxy) is 1. The van der Waals surface area contributed by atoms with E-state index in [1.807, 2.05) is 23.0 Å². The Bertz CT molecular complexity index is 1470. The molecular weight excluding hydrogens is 516 g/mol. The first-order valence-electron chi connectivity index (χ1n) is 14.7. The third kappa shape index (κ3) is 5.94. The number of rotatable bonds is 7. The molecule has 0 saturated carbocycles. The molecule has 1 saturated heterocycles. The van der Waals surface area contributed by atoms with Crippen LogP contribution in [-0.2, 0) is 9.53 Å². The number of anilines is 1. The fraction of sp³-hybridized carbons (Fsp3) is 0.452. The van der Waals surface area contributed by atoms with Gasteiger partial charge in [-0.25, -0.2) is 9.09 Å². The van der Waals surface area contributed by atoms with Crippen LogP contribution in [-0.4, -0.2) is 104 Å². The molecule has 6 heterocycles. The number of carbonyl (C=O) groups is 1. The highest BCUT2D eigenvalue weighted by Gasteiger charge is 2.24. The molecule has 0 bridgehead atoms. The van der Waals surface area contributed by atoms with Gasteiger partial charge in [-0.15, -0.1) is 0 Å². The Balaban J connectivity index is 1.21. The summed E-state index contributed by atoms with van der Waals surface area (Å²) in [5.41, 5.74) is 8.46. The van der Waals surface area contributed by atoms with Gasteiger partial charge in [0.25, 0.3) is 5.91 Å². The summed E-state index contributed by atoms with van der Waals surface area (Å²) in [4.78, 5) is 17.6. The average molecular weight is 558 g/mol. The van der Waals surface area contributed by atoms with Crippen LogP contribution < -0.4 is 20.9 Å². The molecule has 1 fully saturated rings. The summed E-state index contributed by atoms with van der Waals surface area (Å²) in [6.07, 6.45) is 16.4. The minimum Gasteiger partial charge on any atom is -0.382 e. The zero-order chi connectivity index (χ0) is 28.3. The van der Waals surface area contributed by atoms with Crippen LogP contribution in [0.1, 0.15) is 30.9 Å². The van der Waals surface area contributed by atoms with Crippen LogP contribution in [0, 0.1) is 0 Å². The number of morpholine rings is 1. The molecular formula is C31H41N8O2+. The van der Waals surface area contributed by atoms with E-state index in [2.05, 4.69) is 82.0 Å². The minimum atomic E-state index is -0.0727. The summed E-state index contributed by atoms with van der Waals surface area (Å²) < 4.78 is 9.63. The molecule has 0 aromatic carbocycles. The molecule has 10 heteroatoms. The van der Waals surface area contributed by atoms with E-state index in [1.165, 1.54) is 11.1 Å². The molecule has 3 N–H and O–H groups in total. The molecule has 1 unspecified atom stereocenters. The molecule has 2 aromatic heterocycles. The predicted molar refractivity (Wildman–Crippen MR) is 163 cm³/mol. The van der Waals surface area contributed by atoms with Crippen LogP contribution in [0.25, 0.3) is 16.8 Å². The second-order valence-corrected chi connectivity index (χ2v) is 11.3. The molecule has 0 radical (unpaired) electrons. The first-order valence-corrected chi connectivity index (χ1v) is 14.7. The van der Waals surface area contributed by atoms with Crippen LogP contribution >= 0.6 is 0 Å². The number of hydrogen-bond donors (Lipinski definition) is 3. The molecule has 216 valence electrons. The highest BCUT2D eigenvalue weighted by molar-refractivity contribution is 5.97. The van der Waals surface area contributed by atoms with Crippen molar-refractivity contribution in [3.8, 4) is 0 Å². The second-order valence-electron chi connectivity index (χ2n) is 11.3. The van der Waals surface area contributed by atoms with E-state index in [9.17, 15) is 4.79 Å². The summed E-state index contributed by atoms with van der Waals surface area (Å²) in [6.45, 7) is 8.80. The minimum absolute atomic E-state index is 0.0365. The third-order valence-electron chi connectivity index (χ3n) is 8.35. The van der Waals surface area contributed by atoms with E-state index >= 15 is 0 Å². The van der Waals surface area contributed by atoms with Gasteiger partial charge in [-0.2, -0.15) is 5.10 Å². The highest BCUT2D eigenvalue weighted by atomic mass is 16.5. The van der Waals surface area contributed by atoms with E-state index in [0.717, 1.165) is 86.9 Å². The van der Waals surface area contributed by atoms with Gasteiger partial charge in [0.1, 0.15) is 13.6 Å². The van der Waals surface area contributed by atoms with Crippen molar-refractivity contribution in [3.63, 3.8) is 0 Å². The highest BCUT2D eigenvalue weighted by Crippen LogP contribution is 2.35. The normalized spacial score (nSPS) is 21.5. The van der Waals surface area contributed by atoms with Gasteiger partial charge in [-0.3, -0.25) is 9.69 Å². The summed E-state index contributed by atoms with van der Waals surface area (Å²) in [7, 11) is 4.26. The van der Waals surface area contributed by atoms with Crippen molar-refractivity contribution in [1.82, 2.24) is 30.5 Å². The quantitative estimate of drug-likeness (QED) is 0.448. The van der Waals surface area contributed by atoms with Gasteiger partial charge in [-0.05, 0) is 36.6 Å². The van der Waals surface area contributed by atoms with Crippen LogP contribution in [0.4, 0.5) is 5.69 Å². The molecule has 2 aromatic rings. The number of allylic oxidation sites excluding steroid dienone is 1. The molecule has 10 nitrogen and oxygen atoms in total. The van der Waals surface area contributed by atoms with Gasteiger partial charge in [0.05, 0.1) is 42.2 Å². The molecule has 6 rings (SSSR count). The maximum Gasteiger partial charge on any atom is 0.252 e. The number of nitrogens with one attached hydrogen (secondary N) is 3. The van der Waals surface area contributed by atoms with Crippen LogP contribution in [0.5, 0.6) is 0 Å². The molecule has 41 heavy (non-hydrogen) atoms. The Morgan fingerprint density at radius 3 is 2.93 bits per heavy atom. The fourth-order valence-corrected chi connectivity index (χ4v) is 5.80. The number of fused-ring (bicyclic) bond motifs is 3. The molecule has 4 aliphatic rings. The Morgan fingerprint density at radius 2 is 2.12 bits per heavy atom. The van der Waals surface area contributed by atoms with Crippen molar-refractivity contribution >= 4 is 34.6 Å². The lowest BCUT2D eigenvalue weighted by molar-refractivity contribution is -0.491. The largest absolute Gasteiger partial charge is 0.382 e. The van der Waals surface area contributed by atoms with Crippen molar-refractivity contribution in [1.29, 1.82) is 0 Å². The van der Waals surface area contributed by atoms with Crippen molar-refractivity contribution in [2.24, 2.45) is 0 Å². The number of aromatic nitrogens is 2. The summed E-state index contributed by atoms with van der Waals surface area (Å²) >= 11 is 0. The van der Waals surface area contributed by atoms with Crippen molar-refractivity contribution in [2.45, 2.75) is 25.8 Å². The molecule has 4 aliphatic heterocycles. The summed E-state index contributed by atoms with van der Waals surface area (Å²) in [6, 6.07) is 2.30. The van der Waals surface area contributed by atoms with Crippen LogP contribution in [0.3, 0.4) is 0 Å². The molecule has 0 aliphatic carbocycles. The Hall–Kier alpha value is -3.89. The van der Waals surface area contributed by atoms with Crippen LogP contribution in [0.15, 0.2) is 54.2 Å². The predicted octanol–water partition coefficient (Wildman–Crippen LogP) is 1.81. The van der Waals surface area contributed by atoms with Gasteiger partial charge < -0.3 is 25.6 Å². The first kappa shape index (κ1) is 27.3. The van der Waals surface area contributed by atoms with Gasteiger partial charge in [0.2, 0.25) is 0 Å². The fourth-order valence-electron chi connectivity index (χ4n) is 5.80. The van der Waals surface area contributed by atoms with Gasteiger partial charge in [0, 0.05) is 81.6 Å². The Morgan fingerprint density at radius 1 is 1.27 bits per heavy atom. The number of hydrogen-bond acceptors (Lipinski definition) is 7. The number of nitrogens with zero attached hydrogens (tertiary/aromatic N) is 5. The lowest BCUT2D eigenvalue weighted by Gasteiger charge is -2.27. The second kappa shape index (κ2) is 11.9. The van der Waals surface area contributed by atoms with E-state index in [-0.39, 0.29) is 11.9 Å². The Kier molecular flexibility index (Phi) is 7.93. The molecule has 1 amide bonds. The molecule has 0 spiro atoms. The topological polar surface area (TPSA) is 89.2 Å². The van der Waals surface area contributed by atoms with Crippen molar-refractivity contribution < 1.29 is 14.1 Å². The maximum atomic E-state index is 13.0. The maximum absolute atomic E-state index is 13.0. The van der Waals surface area contributed by atoms with E-state index in [4.69, 9.17) is 9.84 Å². The monoisotopic (exact) mass is 557 g/mol. The van der Waals surface area contributed by atoms with Gasteiger partial charge in [-0.1, -0.05) is 6.08 Å². The number of carbonyl (C=O) groups excluding carboxylic acids is 1. The SMILES string of the molecule is CC1NC=C(C(=O)NCCN2CCOCC2)C=C1NC1=CCCN(C)c2c1cnn1cc(C3=CC=[N+](C)CC3)cc21. The van der Waals surface area contributed by atoms with Crippen LogP contribution in [0.2, 0.25) is 0 Å². The summed E-state index contributed by atoms with van der Waals surface area (Å²) in [5.74, 6) is -0.0727.